The van der Waals surface area contributed by atoms with Crippen LogP contribution in [0.3, 0.4) is 0 Å². The Balaban J connectivity index is 1.30. The lowest BCUT2D eigenvalue weighted by atomic mass is 9.89. The van der Waals surface area contributed by atoms with Gasteiger partial charge in [0, 0.05) is 22.3 Å². The molecule has 0 saturated carbocycles. The van der Waals surface area contributed by atoms with Crippen LogP contribution < -0.4 is 18.9 Å². The highest BCUT2D eigenvalue weighted by Gasteiger charge is 2.14. The van der Waals surface area contributed by atoms with E-state index in [1.54, 1.807) is 0 Å². The molecular weight excluding hydrogens is 744 g/mol. The molecule has 0 aromatic heterocycles. The van der Waals surface area contributed by atoms with Gasteiger partial charge in [-0.3, -0.25) is 0 Å². The second-order valence-electron chi connectivity index (χ2n) is 13.4. The summed E-state index contributed by atoms with van der Waals surface area (Å²) in [6.45, 7) is 17.5. The quantitative estimate of drug-likeness (QED) is 0.272. The Kier molecular flexibility index (Phi) is 20.0. The number of hydrogen-bond donors (Lipinski definition) is 0. The SMILES string of the molecule is Cc1c(C)c(C#Cc2ccc3c(c2)OCCOCCOCCOCCOCCO3)c(C)c(C)c1C#Cc1ccc2c(c1)OCCOCCOCCOCCOCCO2. The molecule has 0 saturated heterocycles. The summed E-state index contributed by atoms with van der Waals surface area (Å²) in [7, 11) is 0. The molecule has 0 unspecified atom stereocenters. The van der Waals surface area contributed by atoms with Gasteiger partial charge in [0.25, 0.3) is 0 Å². The van der Waals surface area contributed by atoms with Gasteiger partial charge in [-0.1, -0.05) is 23.7 Å². The number of fused-ring (bicyclic) bond motifs is 2. The topological polar surface area (TPSA) is 111 Å². The maximum atomic E-state index is 6.11. The predicted octanol–water partition coefficient (Wildman–Crippen LogP) is 5.40. The minimum atomic E-state index is 0.356. The molecule has 0 bridgehead atoms. The summed E-state index contributed by atoms with van der Waals surface area (Å²) in [5, 5.41) is 0. The van der Waals surface area contributed by atoms with Crippen molar-refractivity contribution in [2.45, 2.75) is 27.7 Å². The van der Waals surface area contributed by atoms with Crippen LogP contribution in [0.2, 0.25) is 0 Å². The second-order valence-corrected chi connectivity index (χ2v) is 13.4. The van der Waals surface area contributed by atoms with Crippen molar-refractivity contribution in [3.05, 3.63) is 80.9 Å². The summed E-state index contributed by atoms with van der Waals surface area (Å²) in [6.07, 6.45) is 0. The highest BCUT2D eigenvalue weighted by atomic mass is 16.6. The van der Waals surface area contributed by atoms with Crippen LogP contribution in [0.5, 0.6) is 23.0 Å². The van der Waals surface area contributed by atoms with E-state index in [1.165, 1.54) is 0 Å². The van der Waals surface area contributed by atoms with Crippen LogP contribution in [0.4, 0.5) is 0 Å². The number of hydrogen-bond acceptors (Lipinski definition) is 12. The first-order valence-electron chi connectivity index (χ1n) is 20.1. The fourth-order valence-electron chi connectivity index (χ4n) is 5.96. The third kappa shape index (κ3) is 15.1. The number of benzene rings is 3. The van der Waals surface area contributed by atoms with Crippen molar-refractivity contribution in [2.24, 2.45) is 0 Å². The largest absolute Gasteiger partial charge is 0.487 e. The molecule has 0 spiro atoms. The first-order chi connectivity index (χ1) is 28.5. The minimum absolute atomic E-state index is 0.356. The Labute approximate surface area is 343 Å². The van der Waals surface area contributed by atoms with Gasteiger partial charge < -0.3 is 56.8 Å². The average molecular weight is 803 g/mol. The Morgan fingerprint density at radius 1 is 0.293 bits per heavy atom. The zero-order chi connectivity index (χ0) is 40.6. The van der Waals surface area contributed by atoms with Gasteiger partial charge >= 0.3 is 0 Å². The van der Waals surface area contributed by atoms with Crippen molar-refractivity contribution >= 4 is 0 Å². The lowest BCUT2D eigenvalue weighted by molar-refractivity contribution is -0.00841. The van der Waals surface area contributed by atoms with Crippen LogP contribution >= 0.6 is 0 Å². The van der Waals surface area contributed by atoms with E-state index >= 15 is 0 Å². The number of rotatable bonds is 0. The van der Waals surface area contributed by atoms with Gasteiger partial charge in [-0.15, -0.1) is 0 Å². The molecule has 5 rings (SSSR count). The Morgan fingerprint density at radius 2 is 0.534 bits per heavy atom. The molecular formula is C46H58O12. The molecule has 0 aliphatic carbocycles. The normalized spacial score (nSPS) is 17.7. The molecule has 12 heteroatoms. The molecule has 2 heterocycles. The zero-order valence-corrected chi connectivity index (χ0v) is 34.5. The van der Waals surface area contributed by atoms with Gasteiger partial charge in [-0.05, 0) is 86.3 Å². The van der Waals surface area contributed by atoms with Crippen molar-refractivity contribution in [2.75, 3.05) is 132 Å². The smallest absolute Gasteiger partial charge is 0.162 e. The molecule has 0 atom stereocenters. The van der Waals surface area contributed by atoms with Crippen LogP contribution in [-0.4, -0.2) is 132 Å². The fraction of sp³-hybridized carbons (Fsp3) is 0.522. The minimum Gasteiger partial charge on any atom is -0.487 e. The van der Waals surface area contributed by atoms with Gasteiger partial charge in [0.2, 0.25) is 0 Å². The van der Waals surface area contributed by atoms with Gasteiger partial charge in [-0.2, -0.15) is 0 Å². The number of ether oxygens (including phenoxy) is 12. The summed E-state index contributed by atoms with van der Waals surface area (Å²) in [4.78, 5) is 0. The Morgan fingerprint density at radius 3 is 0.810 bits per heavy atom. The van der Waals surface area contributed by atoms with Gasteiger partial charge in [0.15, 0.2) is 23.0 Å². The fourth-order valence-corrected chi connectivity index (χ4v) is 5.96. The molecule has 2 aliphatic heterocycles. The standard InChI is InChI=1S/C46H58O12/c1-35-36(2)42(10-6-40-8-12-44-46(34-40)58-32-28-54-24-20-50-16-14-48-18-22-52-26-30-56-44)38(4)37(3)41(35)9-5-39-7-11-43-45(33-39)57-31-27-53-23-19-49-15-13-47-17-21-51-25-29-55-43/h7-8,11-12,33-34H,13-32H2,1-4H3. The summed E-state index contributed by atoms with van der Waals surface area (Å²) >= 11 is 0. The molecule has 12 nitrogen and oxygen atoms in total. The predicted molar refractivity (Wildman–Crippen MR) is 219 cm³/mol. The van der Waals surface area contributed by atoms with Crippen LogP contribution in [0, 0.1) is 51.4 Å². The highest BCUT2D eigenvalue weighted by Crippen LogP contribution is 2.31. The first kappa shape index (κ1) is 44.8. The van der Waals surface area contributed by atoms with E-state index < -0.39 is 0 Å². The molecule has 3 aromatic rings. The van der Waals surface area contributed by atoms with E-state index in [9.17, 15) is 0 Å². The molecule has 3 aromatic carbocycles. The van der Waals surface area contributed by atoms with E-state index in [-0.39, 0.29) is 0 Å². The highest BCUT2D eigenvalue weighted by molar-refractivity contribution is 5.63. The van der Waals surface area contributed by atoms with E-state index in [0.29, 0.717) is 155 Å². The third-order valence-electron chi connectivity index (χ3n) is 9.35. The second kappa shape index (κ2) is 25.9. The van der Waals surface area contributed by atoms with Crippen molar-refractivity contribution in [1.29, 1.82) is 0 Å². The summed E-state index contributed by atoms with van der Waals surface area (Å²) < 4.78 is 69.0. The third-order valence-corrected chi connectivity index (χ3v) is 9.35. The van der Waals surface area contributed by atoms with Crippen LogP contribution in [-0.2, 0) is 37.9 Å². The Bertz CT molecular complexity index is 1670. The zero-order valence-electron chi connectivity index (χ0n) is 34.5. The molecule has 314 valence electrons. The summed E-state index contributed by atoms with van der Waals surface area (Å²) in [5.74, 6) is 16.1. The van der Waals surface area contributed by atoms with Crippen LogP contribution in [0.15, 0.2) is 36.4 Å². The van der Waals surface area contributed by atoms with E-state index in [1.807, 2.05) is 36.4 Å². The van der Waals surface area contributed by atoms with Crippen molar-refractivity contribution in [3.63, 3.8) is 0 Å². The Hall–Kier alpha value is -4.34. The van der Waals surface area contributed by atoms with Gasteiger partial charge in [0.1, 0.15) is 26.4 Å². The average Bonchev–Trinajstić information content (AvgIpc) is 3.23. The van der Waals surface area contributed by atoms with Crippen LogP contribution in [0.25, 0.3) is 0 Å². The van der Waals surface area contributed by atoms with Crippen molar-refractivity contribution < 1.29 is 56.8 Å². The van der Waals surface area contributed by atoms with Crippen molar-refractivity contribution in [3.8, 4) is 46.7 Å². The van der Waals surface area contributed by atoms with Crippen molar-refractivity contribution in [1.82, 2.24) is 0 Å². The monoisotopic (exact) mass is 802 g/mol. The van der Waals surface area contributed by atoms with Crippen LogP contribution in [0.1, 0.15) is 44.5 Å². The lowest BCUT2D eigenvalue weighted by Crippen LogP contribution is -2.16. The van der Waals surface area contributed by atoms with Gasteiger partial charge in [-0.25, -0.2) is 0 Å². The first-order valence-corrected chi connectivity index (χ1v) is 20.1. The maximum absolute atomic E-state index is 6.11. The molecule has 0 amide bonds. The molecule has 0 fully saturated rings. The van der Waals surface area contributed by atoms with Gasteiger partial charge in [0.05, 0.1) is 106 Å². The molecule has 0 N–H and O–H groups in total. The van der Waals surface area contributed by atoms with E-state index in [4.69, 9.17) is 56.8 Å². The molecule has 2 aliphatic rings. The molecule has 58 heavy (non-hydrogen) atoms. The van der Waals surface area contributed by atoms with E-state index in [0.717, 1.165) is 44.5 Å². The molecule has 0 radical (unpaired) electrons. The summed E-state index contributed by atoms with van der Waals surface area (Å²) in [6, 6.07) is 11.5. The maximum Gasteiger partial charge on any atom is 0.162 e. The van der Waals surface area contributed by atoms with E-state index in [2.05, 4.69) is 51.4 Å². The summed E-state index contributed by atoms with van der Waals surface area (Å²) in [5.41, 5.74) is 7.90. The lowest BCUT2D eigenvalue weighted by Gasteiger charge is -2.15.